The molecule has 0 atom stereocenters. The van der Waals surface area contributed by atoms with Crippen LogP contribution in [0.25, 0.3) is 22.5 Å². The Kier molecular flexibility index (Phi) is 6.03. The van der Waals surface area contributed by atoms with Crippen LogP contribution in [0.3, 0.4) is 0 Å². The van der Waals surface area contributed by atoms with E-state index in [1.165, 1.54) is 4.68 Å². The number of tetrazole rings is 1. The second-order valence-electron chi connectivity index (χ2n) is 7.10. The van der Waals surface area contributed by atoms with Crippen molar-refractivity contribution in [3.05, 3.63) is 70.4 Å². The zero-order valence-electron chi connectivity index (χ0n) is 17.5. The lowest BCUT2D eigenvalue weighted by Crippen LogP contribution is -2.25. The fourth-order valence-corrected chi connectivity index (χ4v) is 3.31. The van der Waals surface area contributed by atoms with E-state index in [0.717, 1.165) is 28.7 Å². The minimum atomic E-state index is -0.125. The van der Waals surface area contributed by atoms with E-state index in [2.05, 4.69) is 37.6 Å². The molecule has 0 spiro atoms. The highest BCUT2D eigenvalue weighted by Gasteiger charge is 2.12. The molecule has 0 aliphatic carbocycles. The minimum Gasteiger partial charge on any atom is -0.264 e. The van der Waals surface area contributed by atoms with Crippen molar-refractivity contribution in [1.29, 1.82) is 0 Å². The largest absolute Gasteiger partial charge is 0.347 e. The molecule has 4 rings (SSSR count). The fraction of sp³-hybridized carbons (Fsp3) is 0.261. The lowest BCUT2D eigenvalue weighted by Gasteiger charge is -2.07. The Morgan fingerprint density at radius 3 is 2.55 bits per heavy atom. The monoisotopic (exact) mass is 413 g/mol. The second kappa shape index (κ2) is 9.22. The molecule has 0 saturated carbocycles. The maximum atomic E-state index is 12.8. The standard InChI is InChI=1S/C23H23N7O/c1-3-5-9-21-26-30(14-4-2)23(31)29(21)16-17-10-12-18(13-11-17)19-7-6-8-20(15-19)22-24-27-28-25-22/h6-8,10-13,15H,3-4,14,16H2,1-2H3,(H,24,25,27,28). The summed E-state index contributed by atoms with van der Waals surface area (Å²) in [5.41, 5.74) is 3.93. The molecular formula is C23H23N7O. The van der Waals surface area contributed by atoms with Crippen molar-refractivity contribution in [1.82, 2.24) is 35.0 Å². The highest BCUT2D eigenvalue weighted by molar-refractivity contribution is 5.70. The number of aromatic amines is 1. The summed E-state index contributed by atoms with van der Waals surface area (Å²) < 4.78 is 3.14. The lowest BCUT2D eigenvalue weighted by atomic mass is 10.0. The number of benzene rings is 2. The SMILES string of the molecule is CCC#Cc1nn(CCC)c(=O)n1Cc1ccc(-c2cccc(-c3nnn[nH]3)c2)cc1. The predicted octanol–water partition coefficient (Wildman–Crippen LogP) is 3.11. The molecule has 0 amide bonds. The molecule has 0 saturated heterocycles. The maximum Gasteiger partial charge on any atom is 0.347 e. The third-order valence-corrected chi connectivity index (χ3v) is 4.84. The van der Waals surface area contributed by atoms with Crippen LogP contribution in [0.5, 0.6) is 0 Å². The van der Waals surface area contributed by atoms with Gasteiger partial charge in [-0.25, -0.2) is 14.6 Å². The zero-order valence-corrected chi connectivity index (χ0v) is 17.5. The van der Waals surface area contributed by atoms with Gasteiger partial charge in [0.1, 0.15) is 0 Å². The number of hydrogen-bond acceptors (Lipinski definition) is 5. The molecular weight excluding hydrogens is 390 g/mol. The topological polar surface area (TPSA) is 94.3 Å². The Balaban J connectivity index is 1.60. The molecule has 0 aliphatic rings. The van der Waals surface area contributed by atoms with Crippen LogP contribution in [0.15, 0.2) is 53.3 Å². The van der Waals surface area contributed by atoms with Crippen LogP contribution in [-0.4, -0.2) is 35.0 Å². The molecule has 156 valence electrons. The first-order valence-electron chi connectivity index (χ1n) is 10.3. The van der Waals surface area contributed by atoms with Crippen LogP contribution < -0.4 is 5.69 Å². The van der Waals surface area contributed by atoms with Gasteiger partial charge in [-0.3, -0.25) is 4.57 Å². The quantitative estimate of drug-likeness (QED) is 0.490. The van der Waals surface area contributed by atoms with E-state index in [9.17, 15) is 4.79 Å². The molecule has 8 heteroatoms. The third kappa shape index (κ3) is 4.46. The van der Waals surface area contributed by atoms with Gasteiger partial charge >= 0.3 is 5.69 Å². The molecule has 2 aromatic carbocycles. The van der Waals surface area contributed by atoms with Gasteiger partial charge in [-0.15, -0.1) is 10.2 Å². The first kappa shape index (κ1) is 20.3. The number of aryl methyl sites for hydroxylation is 1. The first-order chi connectivity index (χ1) is 15.2. The third-order valence-electron chi connectivity index (χ3n) is 4.84. The molecule has 4 aromatic rings. The van der Waals surface area contributed by atoms with Crippen molar-refractivity contribution in [2.45, 2.75) is 39.8 Å². The number of nitrogens with zero attached hydrogens (tertiary/aromatic N) is 6. The van der Waals surface area contributed by atoms with Crippen molar-refractivity contribution in [2.24, 2.45) is 0 Å². The van der Waals surface area contributed by atoms with Gasteiger partial charge in [-0.2, -0.15) is 0 Å². The molecule has 31 heavy (non-hydrogen) atoms. The molecule has 0 fully saturated rings. The number of rotatable bonds is 6. The molecule has 1 N–H and O–H groups in total. The van der Waals surface area contributed by atoms with Crippen molar-refractivity contribution in [3.63, 3.8) is 0 Å². The van der Waals surface area contributed by atoms with Crippen LogP contribution in [0.2, 0.25) is 0 Å². The number of hydrogen-bond donors (Lipinski definition) is 1. The Bertz CT molecular complexity index is 1270. The van der Waals surface area contributed by atoms with E-state index >= 15 is 0 Å². The van der Waals surface area contributed by atoms with Gasteiger partial charge in [0.15, 0.2) is 5.82 Å². The highest BCUT2D eigenvalue weighted by Crippen LogP contribution is 2.24. The van der Waals surface area contributed by atoms with E-state index in [1.807, 2.05) is 62.4 Å². The summed E-state index contributed by atoms with van der Waals surface area (Å²) in [6, 6.07) is 16.2. The molecule has 2 heterocycles. The molecule has 8 nitrogen and oxygen atoms in total. The maximum absolute atomic E-state index is 12.8. The predicted molar refractivity (Wildman–Crippen MR) is 118 cm³/mol. The minimum absolute atomic E-state index is 0.125. The Morgan fingerprint density at radius 2 is 1.84 bits per heavy atom. The zero-order chi connectivity index (χ0) is 21.6. The van der Waals surface area contributed by atoms with Crippen LogP contribution in [0.1, 0.15) is 38.1 Å². The van der Waals surface area contributed by atoms with Crippen LogP contribution >= 0.6 is 0 Å². The van der Waals surface area contributed by atoms with Crippen LogP contribution in [0, 0.1) is 11.8 Å². The van der Waals surface area contributed by atoms with Crippen molar-refractivity contribution < 1.29 is 0 Å². The molecule has 0 radical (unpaired) electrons. The summed E-state index contributed by atoms with van der Waals surface area (Å²) in [5, 5.41) is 18.4. The van der Waals surface area contributed by atoms with Gasteiger partial charge in [0.2, 0.25) is 5.82 Å². The van der Waals surface area contributed by atoms with Gasteiger partial charge in [0.05, 0.1) is 6.54 Å². The number of aromatic nitrogens is 7. The Morgan fingerprint density at radius 1 is 1.03 bits per heavy atom. The Hall–Kier alpha value is -3.99. The summed E-state index contributed by atoms with van der Waals surface area (Å²) in [5.74, 6) is 7.18. The van der Waals surface area contributed by atoms with Gasteiger partial charge in [0.25, 0.3) is 0 Å². The van der Waals surface area contributed by atoms with Crippen molar-refractivity contribution >= 4 is 0 Å². The van der Waals surface area contributed by atoms with E-state index in [4.69, 9.17) is 0 Å². The van der Waals surface area contributed by atoms with Gasteiger partial charge < -0.3 is 0 Å². The van der Waals surface area contributed by atoms with Crippen molar-refractivity contribution in [2.75, 3.05) is 0 Å². The summed E-state index contributed by atoms with van der Waals surface area (Å²) in [7, 11) is 0. The number of nitrogens with one attached hydrogen (secondary N) is 1. The fourth-order valence-electron chi connectivity index (χ4n) is 3.31. The van der Waals surface area contributed by atoms with Gasteiger partial charge in [-0.05, 0) is 45.5 Å². The summed E-state index contributed by atoms with van der Waals surface area (Å²) in [6.07, 6.45) is 1.56. The highest BCUT2D eigenvalue weighted by atomic mass is 16.2. The average molecular weight is 413 g/mol. The smallest absolute Gasteiger partial charge is 0.264 e. The Labute approximate surface area is 179 Å². The van der Waals surface area contributed by atoms with Gasteiger partial charge in [-0.1, -0.05) is 62.2 Å². The molecule has 0 unspecified atom stereocenters. The average Bonchev–Trinajstić information content (AvgIpc) is 3.43. The summed E-state index contributed by atoms with van der Waals surface area (Å²) in [6.45, 7) is 5.02. The normalized spacial score (nSPS) is 10.6. The van der Waals surface area contributed by atoms with E-state index in [0.29, 0.717) is 31.2 Å². The van der Waals surface area contributed by atoms with Gasteiger partial charge in [0, 0.05) is 18.5 Å². The van der Waals surface area contributed by atoms with Crippen molar-refractivity contribution in [3.8, 4) is 34.4 Å². The second-order valence-corrected chi connectivity index (χ2v) is 7.10. The first-order valence-corrected chi connectivity index (χ1v) is 10.3. The van der Waals surface area contributed by atoms with Crippen LogP contribution in [-0.2, 0) is 13.1 Å². The van der Waals surface area contributed by atoms with E-state index in [-0.39, 0.29) is 5.69 Å². The molecule has 0 aliphatic heterocycles. The lowest BCUT2D eigenvalue weighted by molar-refractivity contribution is 0.570. The van der Waals surface area contributed by atoms with E-state index < -0.39 is 0 Å². The molecule has 2 aromatic heterocycles. The van der Waals surface area contributed by atoms with Crippen LogP contribution in [0.4, 0.5) is 0 Å². The van der Waals surface area contributed by atoms with E-state index in [1.54, 1.807) is 4.57 Å². The molecule has 0 bridgehead atoms. The summed E-state index contributed by atoms with van der Waals surface area (Å²) >= 11 is 0. The number of H-pyrrole nitrogens is 1. The summed E-state index contributed by atoms with van der Waals surface area (Å²) in [4.78, 5) is 12.8.